The van der Waals surface area contributed by atoms with Gasteiger partial charge in [0, 0.05) is 34.7 Å². The van der Waals surface area contributed by atoms with Crippen LogP contribution >= 0.6 is 27.5 Å². The van der Waals surface area contributed by atoms with E-state index < -0.39 is 0 Å². The molecule has 0 spiro atoms. The minimum absolute atomic E-state index is 0.255. The first-order valence-electron chi connectivity index (χ1n) is 11.5. The highest BCUT2D eigenvalue weighted by Crippen LogP contribution is 2.35. The lowest BCUT2D eigenvalue weighted by Crippen LogP contribution is -2.22. The van der Waals surface area contributed by atoms with E-state index in [1.165, 1.54) is 11.1 Å². The van der Waals surface area contributed by atoms with Crippen LogP contribution in [0.4, 0.5) is 5.69 Å². The zero-order valence-electron chi connectivity index (χ0n) is 19.5. The van der Waals surface area contributed by atoms with Crippen LogP contribution in [0.25, 0.3) is 0 Å². The van der Waals surface area contributed by atoms with Gasteiger partial charge in [0.1, 0.15) is 5.75 Å². The Labute approximate surface area is 216 Å². The summed E-state index contributed by atoms with van der Waals surface area (Å²) >= 11 is 10.7. The van der Waals surface area contributed by atoms with Gasteiger partial charge in [-0.25, -0.2) is 0 Å². The van der Waals surface area contributed by atoms with Gasteiger partial charge < -0.3 is 10.0 Å². The molecule has 0 unspecified atom stereocenters. The van der Waals surface area contributed by atoms with E-state index in [0.29, 0.717) is 12.2 Å². The first-order valence-corrected chi connectivity index (χ1v) is 12.7. The SMILES string of the molecule is CC(C)c1cc(Cc2c(Cl)cc(N(Cc3ccccc3)Cc3ccccc3)cc2Br)ccc1O. The molecule has 0 amide bonds. The monoisotopic (exact) mass is 533 g/mol. The van der Waals surface area contributed by atoms with E-state index in [4.69, 9.17) is 11.6 Å². The highest BCUT2D eigenvalue weighted by atomic mass is 79.9. The number of anilines is 1. The fourth-order valence-corrected chi connectivity index (χ4v) is 5.15. The van der Waals surface area contributed by atoms with Crippen molar-refractivity contribution < 1.29 is 5.11 Å². The molecule has 4 rings (SSSR count). The maximum absolute atomic E-state index is 10.2. The van der Waals surface area contributed by atoms with E-state index in [9.17, 15) is 5.11 Å². The third-order valence-electron chi connectivity index (χ3n) is 6.02. The third kappa shape index (κ3) is 6.02. The van der Waals surface area contributed by atoms with Gasteiger partial charge in [-0.3, -0.25) is 0 Å². The molecule has 34 heavy (non-hydrogen) atoms. The van der Waals surface area contributed by atoms with Crippen molar-refractivity contribution in [2.45, 2.75) is 39.3 Å². The van der Waals surface area contributed by atoms with Gasteiger partial charge in [-0.05, 0) is 51.9 Å². The molecule has 4 heteroatoms. The van der Waals surface area contributed by atoms with Crippen molar-refractivity contribution in [2.75, 3.05) is 4.90 Å². The van der Waals surface area contributed by atoms with E-state index in [1.54, 1.807) is 6.07 Å². The van der Waals surface area contributed by atoms with Gasteiger partial charge in [0.05, 0.1) is 0 Å². The number of rotatable bonds is 8. The number of hydrogen-bond acceptors (Lipinski definition) is 2. The molecule has 0 aliphatic carbocycles. The molecule has 4 aromatic rings. The van der Waals surface area contributed by atoms with Gasteiger partial charge >= 0.3 is 0 Å². The number of phenols is 1. The fourth-order valence-electron chi connectivity index (χ4n) is 4.17. The summed E-state index contributed by atoms with van der Waals surface area (Å²) in [6.07, 6.45) is 0.692. The quantitative estimate of drug-likeness (QED) is 0.244. The van der Waals surface area contributed by atoms with Gasteiger partial charge in [0.2, 0.25) is 0 Å². The summed E-state index contributed by atoms with van der Waals surface area (Å²) in [5.74, 6) is 0.600. The zero-order valence-corrected chi connectivity index (χ0v) is 21.9. The normalized spacial score (nSPS) is 11.1. The molecule has 0 saturated heterocycles. The Morgan fingerprint density at radius 3 is 1.91 bits per heavy atom. The van der Waals surface area contributed by atoms with Crippen LogP contribution in [0.3, 0.4) is 0 Å². The summed E-state index contributed by atoms with van der Waals surface area (Å²) in [5, 5.41) is 10.9. The molecule has 4 aromatic carbocycles. The largest absolute Gasteiger partial charge is 0.508 e. The van der Waals surface area contributed by atoms with E-state index in [0.717, 1.165) is 45.0 Å². The summed E-state index contributed by atoms with van der Waals surface area (Å²) in [6.45, 7) is 5.75. The van der Waals surface area contributed by atoms with E-state index in [2.05, 4.69) is 101 Å². The zero-order chi connectivity index (χ0) is 24.1. The van der Waals surface area contributed by atoms with Crippen molar-refractivity contribution in [1.82, 2.24) is 0 Å². The van der Waals surface area contributed by atoms with Gasteiger partial charge in [-0.15, -0.1) is 0 Å². The summed E-state index contributed by atoms with van der Waals surface area (Å²) in [7, 11) is 0. The second kappa shape index (κ2) is 11.1. The Morgan fingerprint density at radius 1 is 0.794 bits per heavy atom. The topological polar surface area (TPSA) is 23.5 Å². The minimum Gasteiger partial charge on any atom is -0.508 e. The standard InChI is InChI=1S/C30H29BrClNO/c1-21(2)26-15-24(13-14-30(26)34)16-27-28(31)17-25(18-29(27)32)33(19-22-9-5-3-6-10-22)20-23-11-7-4-8-12-23/h3-15,17-18,21,34H,16,19-20H2,1-2H3. The number of hydrogen-bond donors (Lipinski definition) is 1. The highest BCUT2D eigenvalue weighted by molar-refractivity contribution is 9.10. The van der Waals surface area contributed by atoms with Crippen LogP contribution in [-0.4, -0.2) is 5.11 Å². The maximum Gasteiger partial charge on any atom is 0.119 e. The van der Waals surface area contributed by atoms with Gasteiger partial charge in [0.25, 0.3) is 0 Å². The number of nitrogens with zero attached hydrogens (tertiary/aromatic N) is 1. The van der Waals surface area contributed by atoms with Crippen molar-refractivity contribution in [2.24, 2.45) is 0 Å². The molecular formula is C30H29BrClNO. The van der Waals surface area contributed by atoms with Crippen molar-refractivity contribution in [3.8, 4) is 5.75 Å². The first-order chi connectivity index (χ1) is 16.4. The Morgan fingerprint density at radius 2 is 1.38 bits per heavy atom. The van der Waals surface area contributed by atoms with Crippen molar-refractivity contribution in [1.29, 1.82) is 0 Å². The summed E-state index contributed by atoms with van der Waals surface area (Å²) in [6, 6.07) is 31.1. The second-order valence-electron chi connectivity index (χ2n) is 8.94. The van der Waals surface area contributed by atoms with Crippen LogP contribution in [0.1, 0.15) is 47.6 Å². The molecule has 2 nitrogen and oxygen atoms in total. The number of halogens is 2. The fraction of sp³-hybridized carbons (Fsp3) is 0.200. The van der Waals surface area contributed by atoms with E-state index in [1.807, 2.05) is 18.2 Å². The number of benzene rings is 4. The van der Waals surface area contributed by atoms with Crippen LogP contribution in [0, 0.1) is 0 Å². The molecule has 0 heterocycles. The lowest BCUT2D eigenvalue weighted by molar-refractivity contribution is 0.464. The van der Waals surface area contributed by atoms with Gasteiger partial charge in [-0.1, -0.05) is 114 Å². The van der Waals surface area contributed by atoms with Gasteiger partial charge in [-0.2, -0.15) is 0 Å². The molecular weight excluding hydrogens is 506 g/mol. The van der Waals surface area contributed by atoms with Crippen LogP contribution in [0.5, 0.6) is 5.75 Å². The van der Waals surface area contributed by atoms with Gasteiger partial charge in [0.15, 0.2) is 0 Å². The number of aromatic hydroxyl groups is 1. The average Bonchev–Trinajstić information content (AvgIpc) is 2.83. The molecule has 0 fully saturated rings. The smallest absolute Gasteiger partial charge is 0.119 e. The third-order valence-corrected chi connectivity index (χ3v) is 7.06. The summed E-state index contributed by atoms with van der Waals surface area (Å²) in [5.41, 5.74) is 6.70. The molecule has 0 aliphatic rings. The maximum atomic E-state index is 10.2. The Hall–Kier alpha value is -2.75. The predicted octanol–water partition coefficient (Wildman–Crippen LogP) is 8.73. The Balaban J connectivity index is 1.65. The Kier molecular flexibility index (Phi) is 7.97. The first kappa shape index (κ1) is 24.4. The summed E-state index contributed by atoms with van der Waals surface area (Å²) in [4.78, 5) is 2.35. The second-order valence-corrected chi connectivity index (χ2v) is 10.2. The van der Waals surface area contributed by atoms with Crippen LogP contribution in [0.15, 0.2) is 95.5 Å². The lowest BCUT2D eigenvalue weighted by atomic mass is 9.96. The van der Waals surface area contributed by atoms with Crippen molar-refractivity contribution in [3.63, 3.8) is 0 Å². The summed E-state index contributed by atoms with van der Waals surface area (Å²) < 4.78 is 0.986. The van der Waals surface area contributed by atoms with Crippen molar-refractivity contribution in [3.05, 3.63) is 128 Å². The lowest BCUT2D eigenvalue weighted by Gasteiger charge is -2.26. The molecule has 0 atom stereocenters. The molecule has 0 radical (unpaired) electrons. The van der Waals surface area contributed by atoms with Crippen molar-refractivity contribution >= 4 is 33.2 Å². The molecule has 0 aliphatic heterocycles. The van der Waals surface area contributed by atoms with Crippen LogP contribution in [-0.2, 0) is 19.5 Å². The Bertz CT molecular complexity index is 1180. The van der Waals surface area contributed by atoms with E-state index in [-0.39, 0.29) is 5.92 Å². The molecule has 1 N–H and O–H groups in total. The van der Waals surface area contributed by atoms with Crippen LogP contribution < -0.4 is 4.90 Å². The molecule has 0 bridgehead atoms. The average molecular weight is 535 g/mol. The predicted molar refractivity (Wildman–Crippen MR) is 147 cm³/mol. The highest BCUT2D eigenvalue weighted by Gasteiger charge is 2.16. The molecule has 0 aromatic heterocycles. The minimum atomic E-state index is 0.255. The molecule has 174 valence electrons. The van der Waals surface area contributed by atoms with Crippen LogP contribution in [0.2, 0.25) is 5.02 Å². The number of phenolic OH excluding ortho intramolecular Hbond substituents is 1. The molecule has 0 saturated carbocycles. The van der Waals surface area contributed by atoms with E-state index >= 15 is 0 Å².